The van der Waals surface area contributed by atoms with E-state index in [1.165, 1.54) is 16.5 Å². The summed E-state index contributed by atoms with van der Waals surface area (Å²) in [6.07, 6.45) is 3.50. The van der Waals surface area contributed by atoms with Gasteiger partial charge in [0.1, 0.15) is 0 Å². The Balaban J connectivity index is 1.84. The summed E-state index contributed by atoms with van der Waals surface area (Å²) in [6, 6.07) is 17.0. The maximum absolute atomic E-state index is 13.6. The van der Waals surface area contributed by atoms with Gasteiger partial charge in [0.2, 0.25) is 0 Å². The van der Waals surface area contributed by atoms with E-state index < -0.39 is 16.1 Å². The van der Waals surface area contributed by atoms with Crippen LogP contribution in [0, 0.1) is 0 Å². The number of benzene rings is 2. The smallest absolute Gasteiger partial charge is 0.256 e. The second-order valence-corrected chi connectivity index (χ2v) is 9.63. The molecule has 4 rings (SSSR count). The Morgan fingerprint density at radius 3 is 2.14 bits per heavy atom. The number of rotatable bonds is 4. The molecule has 1 aromatic heterocycles. The Labute approximate surface area is 180 Å². The van der Waals surface area contributed by atoms with Crippen molar-refractivity contribution < 1.29 is 8.42 Å². The van der Waals surface area contributed by atoms with Crippen LogP contribution in [-0.4, -0.2) is 36.4 Å². The van der Waals surface area contributed by atoms with Crippen LogP contribution in [0.5, 0.6) is 0 Å². The maximum Gasteiger partial charge on any atom is 0.256 e. The molecule has 0 aliphatic carbocycles. The predicted molar refractivity (Wildman–Crippen MR) is 114 cm³/mol. The standard InChI is InChI=1S/C21H19Cl2N3O2S/c1-25-14-20(16-3-2-12-24-13-16)21(15-4-6-17(22)7-5-15)26(25)29(27,28)19-10-8-18(23)9-11-19/h2-13,20-21H,14H2,1H3. The highest BCUT2D eigenvalue weighted by Crippen LogP contribution is 2.45. The van der Waals surface area contributed by atoms with Crippen LogP contribution in [0.4, 0.5) is 0 Å². The first kappa shape index (κ1) is 20.3. The van der Waals surface area contributed by atoms with E-state index in [9.17, 15) is 8.42 Å². The average molecular weight is 448 g/mol. The van der Waals surface area contributed by atoms with Crippen LogP contribution in [-0.2, 0) is 10.0 Å². The van der Waals surface area contributed by atoms with E-state index in [1.54, 1.807) is 48.7 Å². The molecule has 1 aliphatic heterocycles. The summed E-state index contributed by atoms with van der Waals surface area (Å²) >= 11 is 12.0. The monoisotopic (exact) mass is 447 g/mol. The molecular formula is C21H19Cl2N3O2S. The quantitative estimate of drug-likeness (QED) is 0.578. The third kappa shape index (κ3) is 3.91. The van der Waals surface area contributed by atoms with Crippen LogP contribution in [0.3, 0.4) is 0 Å². The van der Waals surface area contributed by atoms with Gasteiger partial charge in [-0.1, -0.05) is 41.4 Å². The number of pyridine rings is 1. The fourth-order valence-electron chi connectivity index (χ4n) is 3.78. The van der Waals surface area contributed by atoms with Crippen LogP contribution in [0.1, 0.15) is 23.1 Å². The SMILES string of the molecule is CN1CC(c2cccnc2)C(c2ccc(Cl)cc2)N1S(=O)(=O)c1ccc(Cl)cc1. The van der Waals surface area contributed by atoms with Gasteiger partial charge >= 0.3 is 0 Å². The van der Waals surface area contributed by atoms with Crippen molar-refractivity contribution in [3.63, 3.8) is 0 Å². The van der Waals surface area contributed by atoms with Crippen molar-refractivity contribution in [2.45, 2.75) is 16.9 Å². The van der Waals surface area contributed by atoms with Crippen LogP contribution >= 0.6 is 23.2 Å². The van der Waals surface area contributed by atoms with E-state index in [0.29, 0.717) is 16.6 Å². The minimum atomic E-state index is -3.81. The van der Waals surface area contributed by atoms with Gasteiger partial charge in [-0.25, -0.2) is 13.4 Å². The molecule has 5 nitrogen and oxygen atoms in total. The number of sulfonamides is 1. The highest BCUT2D eigenvalue weighted by molar-refractivity contribution is 7.89. The predicted octanol–water partition coefficient (Wildman–Crippen LogP) is 4.76. The van der Waals surface area contributed by atoms with Crippen LogP contribution in [0.15, 0.2) is 78.0 Å². The van der Waals surface area contributed by atoms with Crippen molar-refractivity contribution in [2.24, 2.45) is 0 Å². The van der Waals surface area contributed by atoms with Gasteiger partial charge < -0.3 is 0 Å². The molecule has 2 aromatic carbocycles. The van der Waals surface area contributed by atoms with E-state index in [-0.39, 0.29) is 10.8 Å². The molecule has 2 atom stereocenters. The summed E-state index contributed by atoms with van der Waals surface area (Å²) in [5.74, 6) is -0.0862. The molecule has 2 heterocycles. The summed E-state index contributed by atoms with van der Waals surface area (Å²) in [6.45, 7) is 0.534. The molecule has 0 bridgehead atoms. The second kappa shape index (κ2) is 8.05. The summed E-state index contributed by atoms with van der Waals surface area (Å²) in [7, 11) is -2.02. The van der Waals surface area contributed by atoms with Gasteiger partial charge in [0.15, 0.2) is 0 Å². The number of hydrogen-bond donors (Lipinski definition) is 0. The fourth-order valence-corrected chi connectivity index (χ4v) is 5.73. The van der Waals surface area contributed by atoms with E-state index >= 15 is 0 Å². The molecule has 150 valence electrons. The van der Waals surface area contributed by atoms with E-state index in [4.69, 9.17) is 23.2 Å². The van der Waals surface area contributed by atoms with Crippen molar-refractivity contribution in [2.75, 3.05) is 13.6 Å². The first-order valence-corrected chi connectivity index (χ1v) is 11.2. The summed E-state index contributed by atoms with van der Waals surface area (Å²) in [4.78, 5) is 4.42. The molecule has 0 amide bonds. The van der Waals surface area contributed by atoms with Crippen LogP contribution in [0.2, 0.25) is 10.0 Å². The molecule has 8 heteroatoms. The molecule has 0 N–H and O–H groups in total. The molecular weight excluding hydrogens is 429 g/mol. The van der Waals surface area contributed by atoms with Gasteiger partial charge in [0.25, 0.3) is 10.0 Å². The minimum Gasteiger partial charge on any atom is -0.264 e. The van der Waals surface area contributed by atoms with Crippen molar-refractivity contribution in [3.05, 3.63) is 94.2 Å². The van der Waals surface area contributed by atoms with Crippen molar-refractivity contribution >= 4 is 33.2 Å². The van der Waals surface area contributed by atoms with Crippen molar-refractivity contribution in [3.8, 4) is 0 Å². The molecule has 0 spiro atoms. The lowest BCUT2D eigenvalue weighted by Crippen LogP contribution is -2.40. The highest BCUT2D eigenvalue weighted by atomic mass is 35.5. The van der Waals surface area contributed by atoms with Crippen molar-refractivity contribution in [1.82, 2.24) is 14.4 Å². The zero-order valence-corrected chi connectivity index (χ0v) is 17.9. The molecule has 1 fully saturated rings. The summed E-state index contributed by atoms with van der Waals surface area (Å²) in [5.41, 5.74) is 1.85. The van der Waals surface area contributed by atoms with Crippen LogP contribution in [0.25, 0.3) is 0 Å². The number of aromatic nitrogens is 1. The largest absolute Gasteiger partial charge is 0.264 e. The van der Waals surface area contributed by atoms with Gasteiger partial charge in [-0.2, -0.15) is 0 Å². The first-order valence-electron chi connectivity index (χ1n) is 9.04. The fraction of sp³-hybridized carbons (Fsp3) is 0.190. The zero-order chi connectivity index (χ0) is 20.6. The third-order valence-electron chi connectivity index (χ3n) is 5.10. The number of hydrogen-bond acceptors (Lipinski definition) is 4. The molecule has 3 aromatic rings. The molecule has 2 unspecified atom stereocenters. The van der Waals surface area contributed by atoms with Crippen molar-refractivity contribution in [1.29, 1.82) is 0 Å². The Morgan fingerprint density at radius 2 is 1.55 bits per heavy atom. The Kier molecular flexibility index (Phi) is 5.64. The van der Waals surface area contributed by atoms with Crippen LogP contribution < -0.4 is 0 Å². The lowest BCUT2D eigenvalue weighted by Gasteiger charge is -2.30. The van der Waals surface area contributed by atoms with Gasteiger partial charge in [-0.05, 0) is 53.6 Å². The zero-order valence-electron chi connectivity index (χ0n) is 15.6. The number of halogens is 2. The topological polar surface area (TPSA) is 53.5 Å². The Bertz CT molecular complexity index is 1090. The third-order valence-corrected chi connectivity index (χ3v) is 7.47. The lowest BCUT2D eigenvalue weighted by atomic mass is 9.89. The molecule has 1 saturated heterocycles. The van der Waals surface area contributed by atoms with E-state index in [1.807, 2.05) is 24.3 Å². The molecule has 0 radical (unpaired) electrons. The average Bonchev–Trinajstić information content (AvgIpc) is 3.07. The molecule has 1 aliphatic rings. The molecule has 29 heavy (non-hydrogen) atoms. The summed E-state index contributed by atoms with van der Waals surface area (Å²) in [5, 5.41) is 2.84. The first-order chi connectivity index (χ1) is 13.9. The van der Waals surface area contributed by atoms with E-state index in [0.717, 1.165) is 11.1 Å². The van der Waals surface area contributed by atoms with Gasteiger partial charge in [0, 0.05) is 41.9 Å². The Morgan fingerprint density at radius 1 is 0.931 bits per heavy atom. The Hall–Kier alpha value is -1.96. The van der Waals surface area contributed by atoms with Gasteiger partial charge in [-0.3, -0.25) is 4.98 Å². The highest BCUT2D eigenvalue weighted by Gasteiger charge is 2.46. The number of hydrazine groups is 1. The normalized spacial score (nSPS) is 20.8. The van der Waals surface area contributed by atoms with E-state index in [2.05, 4.69) is 4.98 Å². The minimum absolute atomic E-state index is 0.0862. The number of likely N-dealkylation sites (N-methyl/N-ethyl adjacent to an activating group) is 1. The second-order valence-electron chi connectivity index (χ2n) is 6.96. The number of nitrogens with zero attached hydrogens (tertiary/aromatic N) is 3. The summed E-state index contributed by atoms with van der Waals surface area (Å²) < 4.78 is 28.6. The van der Waals surface area contributed by atoms with Gasteiger partial charge in [-0.15, -0.1) is 4.41 Å². The maximum atomic E-state index is 13.6. The lowest BCUT2D eigenvalue weighted by molar-refractivity contribution is 0.125. The van der Waals surface area contributed by atoms with Gasteiger partial charge in [0.05, 0.1) is 10.9 Å². The molecule has 0 saturated carbocycles.